The molecular formula is C22H14F3NO5S. The number of ether oxygens (including phenoxy) is 1. The van der Waals surface area contributed by atoms with Gasteiger partial charge >= 0.3 is 6.36 Å². The summed E-state index contributed by atoms with van der Waals surface area (Å²) in [6.45, 7) is 0. The van der Waals surface area contributed by atoms with Crippen LogP contribution in [0.2, 0.25) is 0 Å². The molecule has 32 heavy (non-hydrogen) atoms. The Morgan fingerprint density at radius 1 is 1.03 bits per heavy atom. The molecule has 1 aromatic heterocycles. The van der Waals surface area contributed by atoms with Gasteiger partial charge in [0.25, 0.3) is 5.91 Å². The zero-order valence-electron chi connectivity index (χ0n) is 16.0. The van der Waals surface area contributed by atoms with Crippen molar-refractivity contribution in [3.05, 3.63) is 87.8 Å². The van der Waals surface area contributed by atoms with Crippen LogP contribution in [0.4, 0.5) is 18.9 Å². The quantitative estimate of drug-likeness (QED) is 0.514. The molecule has 164 valence electrons. The lowest BCUT2D eigenvalue weighted by Gasteiger charge is -2.27. The average Bonchev–Trinajstić information content (AvgIpc) is 3.35. The number of carbonyl (C=O) groups is 2. The third-order valence-electron chi connectivity index (χ3n) is 4.74. The maximum Gasteiger partial charge on any atom is 0.573 e. The normalized spacial score (nSPS) is 16.5. The molecule has 0 saturated heterocycles. The summed E-state index contributed by atoms with van der Waals surface area (Å²) < 4.78 is 42.0. The molecule has 1 aliphatic rings. The zero-order chi connectivity index (χ0) is 23.0. The van der Waals surface area contributed by atoms with Gasteiger partial charge in [-0.15, -0.1) is 24.5 Å². The molecule has 0 radical (unpaired) electrons. The minimum absolute atomic E-state index is 0.0182. The predicted octanol–water partition coefficient (Wildman–Crippen LogP) is 5.14. The van der Waals surface area contributed by atoms with Gasteiger partial charge in [0, 0.05) is 11.8 Å². The average molecular weight is 461 g/mol. The van der Waals surface area contributed by atoms with Crippen LogP contribution in [-0.4, -0.2) is 28.3 Å². The molecule has 1 amide bonds. The number of ketones is 1. The lowest BCUT2D eigenvalue weighted by atomic mass is 9.95. The number of aromatic hydroxyl groups is 1. The van der Waals surface area contributed by atoms with Gasteiger partial charge in [-0.3, -0.25) is 14.5 Å². The number of carbonyl (C=O) groups excluding carboxylic acids is 2. The van der Waals surface area contributed by atoms with Crippen molar-refractivity contribution in [3.8, 4) is 11.5 Å². The van der Waals surface area contributed by atoms with Crippen LogP contribution in [0.1, 0.15) is 21.3 Å². The highest BCUT2D eigenvalue weighted by Gasteiger charge is 2.45. The predicted molar refractivity (Wildman–Crippen MR) is 110 cm³/mol. The number of rotatable bonds is 5. The highest BCUT2D eigenvalue weighted by atomic mass is 32.1. The van der Waals surface area contributed by atoms with E-state index in [-0.39, 0.29) is 21.9 Å². The summed E-state index contributed by atoms with van der Waals surface area (Å²) in [5, 5.41) is 21.9. The first-order chi connectivity index (χ1) is 15.2. The molecule has 10 heteroatoms. The van der Waals surface area contributed by atoms with Gasteiger partial charge in [-0.2, -0.15) is 0 Å². The third kappa shape index (κ3) is 4.04. The molecule has 2 heterocycles. The number of anilines is 1. The zero-order valence-corrected chi connectivity index (χ0v) is 16.9. The van der Waals surface area contributed by atoms with Gasteiger partial charge in [-0.05, 0) is 41.3 Å². The van der Waals surface area contributed by atoms with Crippen LogP contribution in [0, 0.1) is 0 Å². The summed E-state index contributed by atoms with van der Waals surface area (Å²) in [7, 11) is 0. The highest BCUT2D eigenvalue weighted by molar-refractivity contribution is 7.12. The molecule has 0 aliphatic carbocycles. The SMILES string of the molecule is O=C(C1=C(O)C(=O)N(c2cccc(OC(F)(F)F)c2)C1c1ccc(O)cc1)c1cccs1. The van der Waals surface area contributed by atoms with E-state index in [1.54, 1.807) is 11.4 Å². The monoisotopic (exact) mass is 461 g/mol. The number of hydrogen-bond acceptors (Lipinski definition) is 6. The number of benzene rings is 2. The number of Topliss-reactive ketones (excluding diaryl/α,β-unsaturated/α-hetero) is 1. The number of phenolic OH excluding ortho intramolecular Hbond substituents is 1. The number of amides is 1. The molecule has 0 spiro atoms. The van der Waals surface area contributed by atoms with Gasteiger partial charge in [0.1, 0.15) is 11.5 Å². The fraction of sp³-hybridized carbons (Fsp3) is 0.0909. The van der Waals surface area contributed by atoms with Crippen LogP contribution in [-0.2, 0) is 4.79 Å². The van der Waals surface area contributed by atoms with E-state index in [1.807, 2.05) is 0 Å². The van der Waals surface area contributed by atoms with Crippen molar-refractivity contribution in [3.63, 3.8) is 0 Å². The minimum atomic E-state index is -4.94. The van der Waals surface area contributed by atoms with Gasteiger partial charge in [-0.25, -0.2) is 0 Å². The molecule has 6 nitrogen and oxygen atoms in total. The van der Waals surface area contributed by atoms with E-state index in [9.17, 15) is 33.0 Å². The van der Waals surface area contributed by atoms with Crippen LogP contribution in [0.5, 0.6) is 11.5 Å². The van der Waals surface area contributed by atoms with Gasteiger partial charge in [0.15, 0.2) is 5.76 Å². The molecular weight excluding hydrogens is 447 g/mol. The number of halogens is 3. The number of aliphatic hydroxyl groups is 1. The number of nitrogens with zero attached hydrogens (tertiary/aromatic N) is 1. The van der Waals surface area contributed by atoms with Crippen molar-refractivity contribution >= 4 is 28.7 Å². The van der Waals surface area contributed by atoms with Crippen molar-refractivity contribution in [2.45, 2.75) is 12.4 Å². The molecule has 1 aliphatic heterocycles. The Morgan fingerprint density at radius 2 is 1.75 bits per heavy atom. The second kappa shape index (κ2) is 8.04. The Morgan fingerprint density at radius 3 is 2.38 bits per heavy atom. The maximum atomic E-state index is 13.1. The van der Waals surface area contributed by atoms with Gasteiger partial charge in [0.2, 0.25) is 5.78 Å². The Labute approximate surface area is 183 Å². The first-order valence-electron chi connectivity index (χ1n) is 9.15. The Bertz CT molecular complexity index is 1200. The van der Waals surface area contributed by atoms with Crippen molar-refractivity contribution in [2.24, 2.45) is 0 Å². The molecule has 2 aromatic carbocycles. The molecule has 2 N–H and O–H groups in total. The lowest BCUT2D eigenvalue weighted by Crippen LogP contribution is -2.31. The Balaban J connectivity index is 1.83. The van der Waals surface area contributed by atoms with E-state index < -0.39 is 35.6 Å². The lowest BCUT2D eigenvalue weighted by molar-refractivity contribution is -0.274. The summed E-state index contributed by atoms with van der Waals surface area (Å²) in [4.78, 5) is 27.4. The van der Waals surface area contributed by atoms with Gasteiger partial charge in [-0.1, -0.05) is 24.3 Å². The number of hydrogen-bond donors (Lipinski definition) is 2. The number of aliphatic hydroxyl groups excluding tert-OH is 1. The van der Waals surface area contributed by atoms with Crippen molar-refractivity contribution in [1.29, 1.82) is 0 Å². The fourth-order valence-corrected chi connectivity index (χ4v) is 4.12. The van der Waals surface area contributed by atoms with Crippen molar-refractivity contribution in [2.75, 3.05) is 4.90 Å². The van der Waals surface area contributed by atoms with Crippen LogP contribution in [0.15, 0.2) is 77.4 Å². The molecule has 4 rings (SSSR count). The standard InChI is InChI=1S/C22H14F3NO5S/c23-22(24,25)31-15-4-1-3-13(11-15)26-18(12-6-8-14(27)9-7-12)17(20(29)21(26)30)19(28)16-5-2-10-32-16/h1-11,18,27,29H. The van der Waals surface area contributed by atoms with Crippen LogP contribution < -0.4 is 9.64 Å². The number of alkyl halides is 3. The molecule has 0 bridgehead atoms. The second-order valence-corrected chi connectivity index (χ2v) is 7.73. The fourth-order valence-electron chi connectivity index (χ4n) is 3.45. The third-order valence-corrected chi connectivity index (χ3v) is 5.60. The summed E-state index contributed by atoms with van der Waals surface area (Å²) in [5.41, 5.74) is 0.128. The van der Waals surface area contributed by atoms with Gasteiger partial charge < -0.3 is 14.9 Å². The van der Waals surface area contributed by atoms with E-state index in [2.05, 4.69) is 4.74 Å². The van der Waals surface area contributed by atoms with E-state index in [4.69, 9.17) is 0 Å². The molecule has 1 unspecified atom stereocenters. The van der Waals surface area contributed by atoms with Gasteiger partial charge in [0.05, 0.1) is 16.5 Å². The Kier molecular flexibility index (Phi) is 5.39. The number of phenols is 1. The highest BCUT2D eigenvalue weighted by Crippen LogP contribution is 2.43. The smallest absolute Gasteiger partial charge is 0.508 e. The van der Waals surface area contributed by atoms with Crippen molar-refractivity contribution in [1.82, 2.24) is 0 Å². The maximum absolute atomic E-state index is 13.1. The van der Waals surface area contributed by atoms with Crippen LogP contribution in [0.3, 0.4) is 0 Å². The molecule has 0 saturated carbocycles. The Hall–Kier alpha value is -3.79. The number of thiophene rings is 1. The van der Waals surface area contributed by atoms with Crippen molar-refractivity contribution < 1.29 is 37.7 Å². The first-order valence-corrected chi connectivity index (χ1v) is 10.0. The van der Waals surface area contributed by atoms with Crippen LogP contribution >= 0.6 is 11.3 Å². The molecule has 1 atom stereocenters. The summed E-state index contributed by atoms with van der Waals surface area (Å²) in [6.07, 6.45) is -4.94. The van der Waals surface area contributed by atoms with E-state index in [0.717, 1.165) is 28.4 Å². The molecule has 3 aromatic rings. The summed E-state index contributed by atoms with van der Waals surface area (Å²) >= 11 is 1.12. The molecule has 0 fully saturated rings. The topological polar surface area (TPSA) is 87.1 Å². The largest absolute Gasteiger partial charge is 0.573 e. The van der Waals surface area contributed by atoms with Crippen LogP contribution in [0.25, 0.3) is 0 Å². The van der Waals surface area contributed by atoms with E-state index in [1.165, 1.54) is 42.5 Å². The summed E-state index contributed by atoms with van der Waals surface area (Å²) in [5.74, 6) is -2.97. The summed E-state index contributed by atoms with van der Waals surface area (Å²) in [6, 6.07) is 12.3. The second-order valence-electron chi connectivity index (χ2n) is 6.78. The van der Waals surface area contributed by atoms with E-state index in [0.29, 0.717) is 5.56 Å². The first kappa shape index (κ1) is 21.4. The van der Waals surface area contributed by atoms with E-state index >= 15 is 0 Å². The minimum Gasteiger partial charge on any atom is -0.508 e.